The molecule has 28 heavy (non-hydrogen) atoms. The maximum atomic E-state index is 12.9. The summed E-state index contributed by atoms with van der Waals surface area (Å²) in [7, 11) is 1.60. The largest absolute Gasteiger partial charge is 0.496 e. The van der Waals surface area contributed by atoms with Gasteiger partial charge in [0.05, 0.1) is 24.4 Å². The Morgan fingerprint density at radius 1 is 1.18 bits per heavy atom. The Morgan fingerprint density at radius 2 is 2.04 bits per heavy atom. The van der Waals surface area contributed by atoms with Gasteiger partial charge in [0.15, 0.2) is 17.6 Å². The van der Waals surface area contributed by atoms with Crippen LogP contribution in [0.5, 0.6) is 5.75 Å². The highest BCUT2D eigenvalue weighted by atomic mass is 16.5. The van der Waals surface area contributed by atoms with Crippen molar-refractivity contribution in [2.24, 2.45) is 0 Å². The van der Waals surface area contributed by atoms with Crippen LogP contribution in [0.2, 0.25) is 0 Å². The summed E-state index contributed by atoms with van der Waals surface area (Å²) in [4.78, 5) is 22.5. The molecule has 0 unspecified atom stereocenters. The predicted octanol–water partition coefficient (Wildman–Crippen LogP) is 3.75. The molecular weight excluding hydrogens is 354 g/mol. The van der Waals surface area contributed by atoms with E-state index in [1.165, 1.54) is 17.5 Å². The molecule has 0 saturated carbocycles. The van der Waals surface area contributed by atoms with Crippen LogP contribution in [-0.2, 0) is 13.0 Å². The Labute approximate surface area is 161 Å². The Bertz CT molecular complexity index is 1210. The number of aromatic amines is 1. The molecule has 0 saturated heterocycles. The predicted molar refractivity (Wildman–Crippen MR) is 108 cm³/mol. The zero-order chi connectivity index (χ0) is 19.1. The standard InChI is InChI=1S/C22H19N3O3/c1-27-20-9-18-16(8-17(20)21-11-23-13-28-21)19(26)10-22(24-18)25-7-6-14-4-2-3-5-15(14)12-25/h2-5,8-11,13H,6-7,12H2,1H3,(H,24,26). The molecule has 6 nitrogen and oxygen atoms in total. The van der Waals surface area contributed by atoms with Crippen molar-refractivity contribution in [1.29, 1.82) is 0 Å². The van der Waals surface area contributed by atoms with Gasteiger partial charge >= 0.3 is 0 Å². The van der Waals surface area contributed by atoms with Crippen molar-refractivity contribution < 1.29 is 9.15 Å². The van der Waals surface area contributed by atoms with E-state index in [0.29, 0.717) is 22.5 Å². The molecule has 1 N–H and O–H groups in total. The van der Waals surface area contributed by atoms with E-state index in [-0.39, 0.29) is 5.43 Å². The van der Waals surface area contributed by atoms with Crippen molar-refractivity contribution in [2.45, 2.75) is 13.0 Å². The van der Waals surface area contributed by atoms with Crippen LogP contribution in [0.15, 0.2) is 64.3 Å². The average molecular weight is 373 g/mol. The van der Waals surface area contributed by atoms with Crippen LogP contribution in [0.25, 0.3) is 22.2 Å². The monoisotopic (exact) mass is 373 g/mol. The fourth-order valence-corrected chi connectivity index (χ4v) is 3.85. The van der Waals surface area contributed by atoms with Crippen molar-refractivity contribution >= 4 is 16.7 Å². The Kier molecular flexibility index (Phi) is 3.90. The molecule has 0 aliphatic carbocycles. The molecule has 1 aliphatic rings. The Balaban J connectivity index is 1.59. The molecular formula is C22H19N3O3. The second kappa shape index (κ2) is 6.56. The molecule has 0 amide bonds. The third-order valence-electron chi connectivity index (χ3n) is 5.30. The minimum absolute atomic E-state index is 0.0361. The van der Waals surface area contributed by atoms with Crippen LogP contribution >= 0.6 is 0 Å². The maximum Gasteiger partial charge on any atom is 0.191 e. The number of pyridine rings is 1. The van der Waals surface area contributed by atoms with E-state index in [0.717, 1.165) is 30.8 Å². The lowest BCUT2D eigenvalue weighted by molar-refractivity contribution is 0.415. The first-order valence-corrected chi connectivity index (χ1v) is 9.18. The number of fused-ring (bicyclic) bond motifs is 2. The topological polar surface area (TPSA) is 71.4 Å². The normalized spacial score (nSPS) is 13.5. The molecule has 3 heterocycles. The zero-order valence-corrected chi connectivity index (χ0v) is 15.4. The molecule has 6 heteroatoms. The second-order valence-electron chi connectivity index (χ2n) is 6.92. The van der Waals surface area contributed by atoms with Crippen LogP contribution in [-0.4, -0.2) is 23.6 Å². The Hall–Kier alpha value is -3.54. The number of hydrogen-bond donors (Lipinski definition) is 1. The summed E-state index contributed by atoms with van der Waals surface area (Å²) >= 11 is 0. The van der Waals surface area contributed by atoms with Crippen LogP contribution < -0.4 is 15.1 Å². The molecule has 0 bridgehead atoms. The molecule has 4 aromatic rings. The average Bonchev–Trinajstić information content (AvgIpc) is 3.27. The lowest BCUT2D eigenvalue weighted by atomic mass is 10.00. The van der Waals surface area contributed by atoms with Crippen LogP contribution in [0, 0.1) is 0 Å². The van der Waals surface area contributed by atoms with E-state index in [9.17, 15) is 4.79 Å². The number of oxazole rings is 1. The maximum absolute atomic E-state index is 12.9. The lowest BCUT2D eigenvalue weighted by Crippen LogP contribution is -2.31. The lowest BCUT2D eigenvalue weighted by Gasteiger charge is -2.30. The molecule has 2 aromatic carbocycles. The molecule has 2 aromatic heterocycles. The quantitative estimate of drug-likeness (QED) is 0.592. The van der Waals surface area contributed by atoms with Crippen LogP contribution in [0.3, 0.4) is 0 Å². The SMILES string of the molecule is COc1cc2[nH]c(N3CCc4ccccc4C3)cc(=O)c2cc1-c1cnco1. The van der Waals surface area contributed by atoms with Crippen molar-refractivity contribution in [3.63, 3.8) is 0 Å². The third-order valence-corrected chi connectivity index (χ3v) is 5.30. The van der Waals surface area contributed by atoms with Crippen molar-refractivity contribution in [1.82, 2.24) is 9.97 Å². The van der Waals surface area contributed by atoms with E-state index in [4.69, 9.17) is 9.15 Å². The fourth-order valence-electron chi connectivity index (χ4n) is 3.85. The summed E-state index contributed by atoms with van der Waals surface area (Å²) in [6.07, 6.45) is 3.93. The third kappa shape index (κ3) is 2.74. The number of ether oxygens (including phenoxy) is 1. The van der Waals surface area contributed by atoms with Gasteiger partial charge in [-0.15, -0.1) is 0 Å². The highest BCUT2D eigenvalue weighted by molar-refractivity contribution is 5.88. The summed E-state index contributed by atoms with van der Waals surface area (Å²) in [6.45, 7) is 1.65. The number of hydrogen-bond acceptors (Lipinski definition) is 5. The summed E-state index contributed by atoms with van der Waals surface area (Å²) in [5, 5.41) is 0.591. The minimum Gasteiger partial charge on any atom is -0.496 e. The summed E-state index contributed by atoms with van der Waals surface area (Å²) in [5.41, 5.74) is 4.08. The van der Waals surface area contributed by atoms with Gasteiger partial charge in [-0.2, -0.15) is 0 Å². The molecule has 0 fully saturated rings. The second-order valence-corrected chi connectivity index (χ2v) is 6.92. The van der Waals surface area contributed by atoms with E-state index in [1.54, 1.807) is 25.4 Å². The fraction of sp³-hybridized carbons (Fsp3) is 0.182. The summed E-state index contributed by atoms with van der Waals surface area (Å²) in [5.74, 6) is 2.01. The highest BCUT2D eigenvalue weighted by Gasteiger charge is 2.19. The van der Waals surface area contributed by atoms with Gasteiger partial charge in [0.1, 0.15) is 11.6 Å². The Morgan fingerprint density at radius 3 is 2.82 bits per heavy atom. The number of methoxy groups -OCH3 is 1. The van der Waals surface area contributed by atoms with E-state index < -0.39 is 0 Å². The molecule has 5 rings (SSSR count). The molecule has 0 radical (unpaired) electrons. The number of nitrogens with one attached hydrogen (secondary N) is 1. The molecule has 0 spiro atoms. The van der Waals surface area contributed by atoms with Gasteiger partial charge in [0.25, 0.3) is 0 Å². The minimum atomic E-state index is -0.0361. The highest BCUT2D eigenvalue weighted by Crippen LogP contribution is 2.33. The van der Waals surface area contributed by atoms with Gasteiger partial charge in [-0.05, 0) is 23.6 Å². The number of nitrogens with zero attached hydrogens (tertiary/aromatic N) is 2. The van der Waals surface area contributed by atoms with Gasteiger partial charge in [0, 0.05) is 30.6 Å². The van der Waals surface area contributed by atoms with Gasteiger partial charge in [-0.25, -0.2) is 4.98 Å². The summed E-state index contributed by atoms with van der Waals surface area (Å²) in [6, 6.07) is 13.8. The van der Waals surface area contributed by atoms with E-state index in [1.807, 2.05) is 6.07 Å². The van der Waals surface area contributed by atoms with Crippen molar-refractivity contribution in [2.75, 3.05) is 18.6 Å². The van der Waals surface area contributed by atoms with Gasteiger partial charge in [0.2, 0.25) is 0 Å². The molecule has 140 valence electrons. The number of aromatic nitrogens is 2. The van der Waals surface area contributed by atoms with Gasteiger partial charge in [-0.1, -0.05) is 24.3 Å². The number of anilines is 1. The first-order valence-electron chi connectivity index (χ1n) is 9.18. The number of H-pyrrole nitrogens is 1. The zero-order valence-electron chi connectivity index (χ0n) is 15.4. The first-order chi connectivity index (χ1) is 13.7. The van der Waals surface area contributed by atoms with E-state index in [2.05, 4.69) is 39.1 Å². The summed E-state index contributed by atoms with van der Waals surface area (Å²) < 4.78 is 10.9. The van der Waals surface area contributed by atoms with Crippen molar-refractivity contribution in [3.8, 4) is 17.1 Å². The van der Waals surface area contributed by atoms with Gasteiger partial charge in [-0.3, -0.25) is 4.79 Å². The number of benzene rings is 2. The molecule has 0 atom stereocenters. The van der Waals surface area contributed by atoms with Crippen LogP contribution in [0.4, 0.5) is 5.82 Å². The number of rotatable bonds is 3. The first kappa shape index (κ1) is 16.6. The van der Waals surface area contributed by atoms with Crippen LogP contribution in [0.1, 0.15) is 11.1 Å². The smallest absolute Gasteiger partial charge is 0.191 e. The van der Waals surface area contributed by atoms with Gasteiger partial charge < -0.3 is 19.0 Å². The molecule has 1 aliphatic heterocycles. The van der Waals surface area contributed by atoms with Crippen molar-refractivity contribution in [3.05, 3.63) is 76.4 Å². The van der Waals surface area contributed by atoms with E-state index >= 15 is 0 Å².